The maximum absolute atomic E-state index is 15.2. The average Bonchev–Trinajstić information content (AvgIpc) is 3.29. The third-order valence-electron chi connectivity index (χ3n) is 4.97. The summed E-state index contributed by atoms with van der Waals surface area (Å²) in [6.07, 6.45) is 5.46. The van der Waals surface area contributed by atoms with Gasteiger partial charge in [-0.25, -0.2) is 32.6 Å². The van der Waals surface area contributed by atoms with Gasteiger partial charge in [0.05, 0.1) is 17.0 Å². The number of nitrogens with two attached hydrogens (primary N) is 2. The van der Waals surface area contributed by atoms with Crippen molar-refractivity contribution in [2.24, 2.45) is 26.8 Å². The summed E-state index contributed by atoms with van der Waals surface area (Å²) in [6, 6.07) is 3.24. The fourth-order valence-corrected chi connectivity index (χ4v) is 4.45. The van der Waals surface area contributed by atoms with Crippen molar-refractivity contribution < 1.29 is 22.0 Å². The molecule has 12 nitrogen and oxygen atoms in total. The van der Waals surface area contributed by atoms with E-state index >= 15 is 4.39 Å². The molecule has 0 spiro atoms. The molecule has 0 aliphatic carbocycles. The number of aliphatic imine (C=N–C) groups is 1. The number of benzene rings is 1. The molecule has 0 radical (unpaired) electrons. The quantitative estimate of drug-likeness (QED) is 0.0916. The van der Waals surface area contributed by atoms with Crippen LogP contribution < -0.4 is 21.7 Å². The summed E-state index contributed by atoms with van der Waals surface area (Å²) in [4.78, 5) is 24.2. The zero-order valence-electron chi connectivity index (χ0n) is 19.5. The topological polar surface area (TPSA) is 193 Å². The zero-order valence-corrected chi connectivity index (χ0v) is 20.3. The first-order chi connectivity index (χ1) is 17.6. The number of halogens is 2. The lowest BCUT2D eigenvalue weighted by molar-refractivity contribution is 0.103. The number of fused-ring (bicyclic) bond motifs is 1. The summed E-state index contributed by atoms with van der Waals surface area (Å²) in [5.41, 5.74) is 7.49. The second kappa shape index (κ2) is 11.4. The van der Waals surface area contributed by atoms with Crippen molar-refractivity contribution in [1.29, 1.82) is 0 Å². The number of hydrogen-bond acceptors (Lipinski definition) is 8. The molecule has 1 aromatic carbocycles. The van der Waals surface area contributed by atoms with Gasteiger partial charge in [0, 0.05) is 53.6 Å². The number of carbonyl (C=O) groups excluding carboxylic acids is 1. The van der Waals surface area contributed by atoms with Crippen molar-refractivity contribution in [3.05, 3.63) is 65.1 Å². The average molecular weight is 532 g/mol. The highest BCUT2D eigenvalue weighted by Gasteiger charge is 2.26. The second-order valence-corrected chi connectivity index (χ2v) is 9.30. The van der Waals surface area contributed by atoms with Crippen LogP contribution in [0.4, 0.5) is 14.5 Å². The highest BCUT2D eigenvalue weighted by molar-refractivity contribution is 7.92. The second-order valence-electron chi connectivity index (χ2n) is 7.46. The monoisotopic (exact) mass is 531 g/mol. The first-order valence-corrected chi connectivity index (χ1v) is 12.3. The third kappa shape index (κ3) is 5.95. The van der Waals surface area contributed by atoms with Gasteiger partial charge in [0.1, 0.15) is 11.5 Å². The van der Waals surface area contributed by atoms with Crippen LogP contribution in [0, 0.1) is 11.6 Å². The largest absolute Gasteiger partial charge is 0.404 e. The molecule has 2 aromatic heterocycles. The Labute approximate surface area is 210 Å². The molecule has 0 saturated heterocycles. The normalized spacial score (nSPS) is 12.7. The Balaban J connectivity index is 2.04. The van der Waals surface area contributed by atoms with Crippen molar-refractivity contribution in [2.45, 2.75) is 13.3 Å². The predicted molar refractivity (Wildman–Crippen MR) is 139 cm³/mol. The molecule has 0 saturated carbocycles. The highest BCUT2D eigenvalue weighted by Crippen LogP contribution is 2.28. The number of rotatable bonds is 9. The van der Waals surface area contributed by atoms with Crippen molar-refractivity contribution in [3.63, 3.8) is 0 Å². The van der Waals surface area contributed by atoms with E-state index < -0.39 is 38.7 Å². The molecule has 0 aliphatic rings. The van der Waals surface area contributed by atoms with Crippen molar-refractivity contribution in [3.8, 4) is 0 Å². The van der Waals surface area contributed by atoms with Crippen LogP contribution in [0.2, 0.25) is 0 Å². The molecule has 0 amide bonds. The van der Waals surface area contributed by atoms with Gasteiger partial charge in [-0.05, 0) is 24.6 Å². The molecule has 0 aliphatic heterocycles. The fraction of sp³-hybridized carbons (Fsp3) is 0.136. The maximum Gasteiger partial charge on any atom is 0.260 e. The van der Waals surface area contributed by atoms with Crippen LogP contribution in [-0.4, -0.2) is 48.8 Å². The van der Waals surface area contributed by atoms with Crippen LogP contribution in [0.3, 0.4) is 0 Å². The third-order valence-corrected chi connectivity index (χ3v) is 6.45. The molecule has 2 heterocycles. The van der Waals surface area contributed by atoms with Crippen molar-refractivity contribution in [2.75, 3.05) is 10.5 Å². The van der Waals surface area contributed by atoms with E-state index in [0.29, 0.717) is 11.1 Å². The Hall–Kier alpha value is -4.66. The van der Waals surface area contributed by atoms with Gasteiger partial charge in [-0.3, -0.25) is 9.52 Å². The lowest BCUT2D eigenvalue weighted by Gasteiger charge is -2.11. The van der Waals surface area contributed by atoms with Gasteiger partial charge < -0.3 is 16.6 Å². The summed E-state index contributed by atoms with van der Waals surface area (Å²) in [5, 5.41) is 7.00. The van der Waals surface area contributed by atoms with E-state index in [0.717, 1.165) is 12.1 Å². The Morgan fingerprint density at radius 3 is 2.73 bits per heavy atom. The number of carbonyl (C=O) groups is 1. The molecule has 0 unspecified atom stereocenters. The number of sulfonamides is 1. The maximum atomic E-state index is 15.2. The molecule has 7 N–H and O–H groups in total. The number of allylic oxidation sites excluding steroid dienone is 1. The summed E-state index contributed by atoms with van der Waals surface area (Å²) in [7, 11) is -3.89. The first-order valence-electron chi connectivity index (χ1n) is 10.6. The number of nitrogens with one attached hydrogen (secondary N) is 3. The van der Waals surface area contributed by atoms with E-state index in [-0.39, 0.29) is 34.7 Å². The van der Waals surface area contributed by atoms with Crippen LogP contribution in [0.1, 0.15) is 34.8 Å². The molecular formula is C22H23F2N9O3S. The molecule has 0 atom stereocenters. The Morgan fingerprint density at radius 2 is 2.08 bits per heavy atom. The van der Waals surface area contributed by atoms with Gasteiger partial charge >= 0.3 is 0 Å². The molecule has 15 heteroatoms. The van der Waals surface area contributed by atoms with Crippen LogP contribution >= 0.6 is 0 Å². The summed E-state index contributed by atoms with van der Waals surface area (Å²) in [5.74, 6) is 1.33. The number of H-pyrrole nitrogens is 1. The van der Waals surface area contributed by atoms with Crippen molar-refractivity contribution in [1.82, 2.24) is 15.4 Å². The minimum atomic E-state index is -3.89. The van der Waals surface area contributed by atoms with E-state index in [1.54, 1.807) is 6.92 Å². The Morgan fingerprint density at radius 1 is 1.32 bits per heavy atom. The van der Waals surface area contributed by atoms with E-state index in [1.807, 2.05) is 4.72 Å². The number of aromatic amines is 1. The number of anilines is 1. The molecule has 3 aromatic rings. The van der Waals surface area contributed by atoms with Gasteiger partial charge in [0.15, 0.2) is 5.82 Å². The number of pyridine rings is 1. The standard InChI is InChI=1S/C22H23F2N9O3S/c1-3-6-37(35,36)33-17-5-4-16(23)18(19(17)24)20(34)15-11-29-21-14(15)7-12(9-28-21)13(8-25)10-30-22(31-26)32-27-2/h4-5,7-11,33H,2-3,6,25-26H2,1H3,(H,28,29)(H,31,32). The Bertz CT molecular complexity index is 1550. The first kappa shape index (κ1) is 26.9. The fourth-order valence-electron chi connectivity index (χ4n) is 3.32. The number of guanidine groups is 1. The van der Waals surface area contributed by atoms with Gasteiger partial charge in [0.2, 0.25) is 15.8 Å². The van der Waals surface area contributed by atoms with E-state index in [4.69, 9.17) is 11.6 Å². The predicted octanol–water partition coefficient (Wildman–Crippen LogP) is 2.03. The van der Waals surface area contributed by atoms with Gasteiger partial charge in [-0.2, -0.15) is 5.10 Å². The van der Waals surface area contributed by atoms with Crippen LogP contribution in [0.5, 0.6) is 0 Å². The number of ketones is 1. The lowest BCUT2D eigenvalue weighted by Crippen LogP contribution is -2.18. The highest BCUT2D eigenvalue weighted by atomic mass is 32.2. The Kier molecular flexibility index (Phi) is 8.29. The summed E-state index contributed by atoms with van der Waals surface area (Å²) in [6.45, 7) is 4.86. The molecule has 37 heavy (non-hydrogen) atoms. The molecule has 194 valence electrons. The van der Waals surface area contributed by atoms with E-state index in [1.165, 1.54) is 30.9 Å². The van der Waals surface area contributed by atoms with Crippen LogP contribution in [-0.2, 0) is 10.0 Å². The van der Waals surface area contributed by atoms with Gasteiger partial charge in [-0.15, -0.1) is 5.10 Å². The summed E-state index contributed by atoms with van der Waals surface area (Å²) < 4.78 is 56.0. The lowest BCUT2D eigenvalue weighted by atomic mass is 10.00. The van der Waals surface area contributed by atoms with Gasteiger partial charge in [-0.1, -0.05) is 6.92 Å². The number of aromatic nitrogens is 2. The van der Waals surface area contributed by atoms with Crippen LogP contribution in [0.25, 0.3) is 16.6 Å². The molecular weight excluding hydrogens is 508 g/mol. The minimum absolute atomic E-state index is 0.0682. The minimum Gasteiger partial charge on any atom is -0.404 e. The zero-order chi connectivity index (χ0) is 27.2. The molecule has 0 bridgehead atoms. The number of nitrogens with zero attached hydrogens (tertiary/aromatic N) is 4. The SMILES string of the molecule is C=NN/C(N=CC(=CN)c1cnc2[nH]cc(C(=O)c3c(F)ccc(NS(=O)(=O)CCC)c3F)c2c1)=N\N. The van der Waals surface area contributed by atoms with Crippen LogP contribution in [0.15, 0.2) is 52.0 Å². The molecule has 3 rings (SSSR count). The van der Waals surface area contributed by atoms with E-state index in [2.05, 4.69) is 37.3 Å². The smallest absolute Gasteiger partial charge is 0.260 e. The number of hydrogen-bond donors (Lipinski definition) is 5. The van der Waals surface area contributed by atoms with E-state index in [9.17, 15) is 17.6 Å². The van der Waals surface area contributed by atoms with Gasteiger partial charge in [0.25, 0.3) is 5.96 Å². The van der Waals surface area contributed by atoms with Crippen molar-refractivity contribution >= 4 is 57.0 Å². The summed E-state index contributed by atoms with van der Waals surface area (Å²) >= 11 is 0. The molecule has 0 fully saturated rings. The number of hydrazone groups is 2.